The summed E-state index contributed by atoms with van der Waals surface area (Å²) >= 11 is 11.8. The molecule has 0 radical (unpaired) electrons. The van der Waals surface area contributed by atoms with E-state index in [-0.39, 0.29) is 16.0 Å². The van der Waals surface area contributed by atoms with Crippen LogP contribution in [0.15, 0.2) is 42.5 Å². The fraction of sp³-hybridized carbons (Fsp3) is 0.235. The molecule has 0 saturated carbocycles. The highest BCUT2D eigenvalue weighted by molar-refractivity contribution is 6.35. The topological polar surface area (TPSA) is 38.3 Å². The van der Waals surface area contributed by atoms with E-state index in [0.29, 0.717) is 5.56 Å². The lowest BCUT2D eigenvalue weighted by Gasteiger charge is -2.21. The number of carbonyl (C=O) groups excluding carboxylic acids is 1. The number of rotatable bonds is 5. The molecule has 0 fully saturated rings. The van der Waals surface area contributed by atoms with Gasteiger partial charge in [0.1, 0.15) is 5.82 Å². The number of hydrogen-bond donors (Lipinski definition) is 1. The number of benzene rings is 2. The van der Waals surface area contributed by atoms with Gasteiger partial charge in [0.05, 0.1) is 11.1 Å². The summed E-state index contributed by atoms with van der Waals surface area (Å²) in [5.74, 6) is -0.920. The molecule has 0 aliphatic carbocycles. The van der Waals surface area contributed by atoms with E-state index in [1.54, 1.807) is 19.1 Å². The van der Waals surface area contributed by atoms with Crippen molar-refractivity contribution in [2.45, 2.75) is 19.1 Å². The van der Waals surface area contributed by atoms with Crippen LogP contribution < -0.4 is 5.32 Å². The van der Waals surface area contributed by atoms with Crippen LogP contribution in [0.3, 0.4) is 0 Å². The molecule has 23 heavy (non-hydrogen) atoms. The van der Waals surface area contributed by atoms with Crippen LogP contribution in [0.1, 0.15) is 30.2 Å². The van der Waals surface area contributed by atoms with Gasteiger partial charge in [-0.1, -0.05) is 53.5 Å². The summed E-state index contributed by atoms with van der Waals surface area (Å²) in [7, 11) is 1.46. The zero-order valence-corrected chi connectivity index (χ0v) is 14.2. The first kappa shape index (κ1) is 17.7. The third-order valence-corrected chi connectivity index (χ3v) is 4.06. The number of halogens is 3. The van der Waals surface area contributed by atoms with Crippen LogP contribution in [-0.4, -0.2) is 13.0 Å². The van der Waals surface area contributed by atoms with E-state index in [0.717, 1.165) is 5.56 Å². The summed E-state index contributed by atoms with van der Waals surface area (Å²) in [5.41, 5.74) is 1.18. The Morgan fingerprint density at radius 3 is 2.43 bits per heavy atom. The SMILES string of the molecule is COC(C(=O)NC(C)c1cc(F)c(Cl)cc1Cl)c1ccccc1. The largest absolute Gasteiger partial charge is 0.367 e. The third kappa shape index (κ3) is 4.22. The van der Waals surface area contributed by atoms with E-state index in [4.69, 9.17) is 27.9 Å². The van der Waals surface area contributed by atoms with Gasteiger partial charge in [-0.15, -0.1) is 0 Å². The van der Waals surface area contributed by atoms with Crippen molar-refractivity contribution >= 4 is 29.1 Å². The van der Waals surface area contributed by atoms with Gasteiger partial charge in [0, 0.05) is 12.1 Å². The monoisotopic (exact) mass is 355 g/mol. The second-order valence-corrected chi connectivity index (χ2v) is 5.86. The average Bonchev–Trinajstić information content (AvgIpc) is 2.52. The molecule has 2 rings (SSSR count). The van der Waals surface area contributed by atoms with Gasteiger partial charge in [0.2, 0.25) is 0 Å². The molecular formula is C17H16Cl2FNO2. The van der Waals surface area contributed by atoms with Crippen LogP contribution >= 0.6 is 23.2 Å². The fourth-order valence-corrected chi connectivity index (χ4v) is 2.81. The standard InChI is InChI=1S/C17H16Cl2FNO2/c1-10(12-8-15(20)14(19)9-13(12)18)21-17(22)16(23-2)11-6-4-3-5-7-11/h3-10,16H,1-2H3,(H,21,22). The molecule has 2 aromatic rings. The number of nitrogens with one attached hydrogen (secondary N) is 1. The van der Waals surface area contributed by atoms with Gasteiger partial charge in [-0.25, -0.2) is 4.39 Å². The van der Waals surface area contributed by atoms with Gasteiger partial charge in [-0.3, -0.25) is 4.79 Å². The van der Waals surface area contributed by atoms with E-state index >= 15 is 0 Å². The normalized spacial score (nSPS) is 13.4. The van der Waals surface area contributed by atoms with E-state index in [1.807, 2.05) is 18.2 Å². The predicted octanol–water partition coefficient (Wildman–Crippen LogP) is 4.70. The molecule has 1 amide bonds. The Labute approximate surface area is 144 Å². The first-order chi connectivity index (χ1) is 10.9. The molecule has 0 aromatic heterocycles. The summed E-state index contributed by atoms with van der Waals surface area (Å²) < 4.78 is 18.9. The molecule has 0 saturated heterocycles. The van der Waals surface area contributed by atoms with Crippen molar-refractivity contribution in [1.29, 1.82) is 0 Å². The Hall–Kier alpha value is -1.62. The predicted molar refractivity (Wildman–Crippen MR) is 89.2 cm³/mol. The maximum atomic E-state index is 13.6. The van der Waals surface area contributed by atoms with Crippen LogP contribution in [0.4, 0.5) is 4.39 Å². The minimum absolute atomic E-state index is 0.0590. The van der Waals surface area contributed by atoms with Crippen molar-refractivity contribution in [3.8, 4) is 0 Å². The highest BCUT2D eigenvalue weighted by Gasteiger charge is 2.23. The Balaban J connectivity index is 2.17. The van der Waals surface area contributed by atoms with Gasteiger partial charge < -0.3 is 10.1 Å². The molecule has 3 nitrogen and oxygen atoms in total. The molecule has 0 heterocycles. The second kappa shape index (κ2) is 7.77. The van der Waals surface area contributed by atoms with Crippen molar-refractivity contribution in [3.05, 3.63) is 69.5 Å². The van der Waals surface area contributed by atoms with Crippen molar-refractivity contribution < 1.29 is 13.9 Å². The molecule has 6 heteroatoms. The van der Waals surface area contributed by atoms with Crippen molar-refractivity contribution in [2.75, 3.05) is 7.11 Å². The Kier molecular flexibility index (Phi) is 5.99. The average molecular weight is 356 g/mol. The number of carbonyl (C=O) groups is 1. The van der Waals surface area contributed by atoms with Crippen LogP contribution in [0.2, 0.25) is 10.0 Å². The summed E-state index contributed by atoms with van der Waals surface area (Å²) in [4.78, 5) is 12.4. The number of amides is 1. The molecule has 1 N–H and O–H groups in total. The summed E-state index contributed by atoms with van der Waals surface area (Å²) in [6.45, 7) is 1.71. The Bertz CT molecular complexity index is 694. The Morgan fingerprint density at radius 2 is 1.83 bits per heavy atom. The quantitative estimate of drug-likeness (QED) is 0.789. The van der Waals surface area contributed by atoms with Crippen molar-refractivity contribution in [3.63, 3.8) is 0 Å². The van der Waals surface area contributed by atoms with Crippen molar-refractivity contribution in [2.24, 2.45) is 0 Å². The number of hydrogen-bond acceptors (Lipinski definition) is 2. The molecule has 0 aliphatic rings. The van der Waals surface area contributed by atoms with Gasteiger partial charge in [0.15, 0.2) is 6.10 Å². The third-order valence-electron chi connectivity index (χ3n) is 3.44. The zero-order valence-electron chi connectivity index (χ0n) is 12.6. The van der Waals surface area contributed by atoms with E-state index in [9.17, 15) is 9.18 Å². The lowest BCUT2D eigenvalue weighted by atomic mass is 10.1. The second-order valence-electron chi connectivity index (χ2n) is 5.04. The zero-order chi connectivity index (χ0) is 17.0. The number of methoxy groups -OCH3 is 1. The molecule has 2 aromatic carbocycles. The smallest absolute Gasteiger partial charge is 0.254 e. The molecule has 2 atom stereocenters. The molecule has 0 spiro atoms. The number of ether oxygens (including phenoxy) is 1. The van der Waals surface area contributed by atoms with E-state index in [2.05, 4.69) is 5.32 Å². The van der Waals surface area contributed by atoms with Gasteiger partial charge >= 0.3 is 0 Å². The highest BCUT2D eigenvalue weighted by atomic mass is 35.5. The van der Waals surface area contributed by atoms with Crippen LogP contribution in [0, 0.1) is 5.82 Å². The molecule has 2 unspecified atom stereocenters. The van der Waals surface area contributed by atoms with E-state index in [1.165, 1.54) is 19.2 Å². The van der Waals surface area contributed by atoms with Crippen molar-refractivity contribution in [1.82, 2.24) is 5.32 Å². The lowest BCUT2D eigenvalue weighted by molar-refractivity contribution is -0.132. The summed E-state index contributed by atoms with van der Waals surface area (Å²) in [5, 5.41) is 3.01. The van der Waals surface area contributed by atoms with Gasteiger partial charge in [-0.05, 0) is 30.2 Å². The highest BCUT2D eigenvalue weighted by Crippen LogP contribution is 2.29. The van der Waals surface area contributed by atoms with Crippen LogP contribution in [0.25, 0.3) is 0 Å². The maximum Gasteiger partial charge on any atom is 0.254 e. The molecule has 122 valence electrons. The minimum atomic E-state index is -0.755. The first-order valence-electron chi connectivity index (χ1n) is 6.96. The lowest BCUT2D eigenvalue weighted by Crippen LogP contribution is -2.32. The summed E-state index contributed by atoms with van der Waals surface area (Å²) in [6, 6.07) is 11.1. The van der Waals surface area contributed by atoms with Crippen LogP contribution in [0.5, 0.6) is 0 Å². The summed E-state index contributed by atoms with van der Waals surface area (Å²) in [6.07, 6.45) is -0.755. The molecule has 0 aliphatic heterocycles. The van der Waals surface area contributed by atoms with E-state index < -0.39 is 18.0 Å². The van der Waals surface area contributed by atoms with Gasteiger partial charge in [-0.2, -0.15) is 0 Å². The Morgan fingerprint density at radius 1 is 1.17 bits per heavy atom. The maximum absolute atomic E-state index is 13.6. The molecule has 0 bridgehead atoms. The fourth-order valence-electron chi connectivity index (χ4n) is 2.26. The van der Waals surface area contributed by atoms with Crippen LogP contribution in [-0.2, 0) is 9.53 Å². The van der Waals surface area contributed by atoms with Gasteiger partial charge in [0.25, 0.3) is 5.91 Å². The minimum Gasteiger partial charge on any atom is -0.367 e. The molecular weight excluding hydrogens is 340 g/mol. The first-order valence-corrected chi connectivity index (χ1v) is 7.72.